The molecule has 0 bridgehead atoms. The van der Waals surface area contributed by atoms with Crippen LogP contribution in [0, 0.1) is 21.7 Å². The van der Waals surface area contributed by atoms with Crippen LogP contribution in [0.4, 0.5) is 20.2 Å². The van der Waals surface area contributed by atoms with E-state index in [-0.39, 0.29) is 0 Å². The first-order valence-corrected chi connectivity index (χ1v) is 4.85. The minimum atomic E-state index is -1.32. The van der Waals surface area contributed by atoms with Gasteiger partial charge in [-0.1, -0.05) is 0 Å². The molecule has 1 aromatic rings. The highest BCUT2D eigenvalue weighted by molar-refractivity contribution is 6.32. The number of amides is 1. The Labute approximate surface area is 99.5 Å². The number of benzene rings is 1. The van der Waals surface area contributed by atoms with E-state index in [0.29, 0.717) is 12.1 Å². The molecule has 0 heterocycles. The topological polar surface area (TPSA) is 72.2 Å². The molecule has 1 aromatic carbocycles. The van der Waals surface area contributed by atoms with E-state index in [1.165, 1.54) is 6.92 Å². The lowest BCUT2D eigenvalue weighted by Gasteiger charge is -2.07. The first-order chi connectivity index (χ1) is 7.82. The zero-order valence-corrected chi connectivity index (χ0v) is 9.29. The van der Waals surface area contributed by atoms with Gasteiger partial charge in [0.05, 0.1) is 10.6 Å². The third kappa shape index (κ3) is 3.10. The predicted molar refractivity (Wildman–Crippen MR) is 57.0 cm³/mol. The summed E-state index contributed by atoms with van der Waals surface area (Å²) in [6.07, 6.45) is 0. The molecule has 0 fully saturated rings. The number of hydrogen-bond acceptors (Lipinski definition) is 3. The monoisotopic (exact) mass is 264 g/mol. The van der Waals surface area contributed by atoms with Crippen molar-refractivity contribution in [2.45, 2.75) is 12.3 Å². The number of alkyl halides is 1. The van der Waals surface area contributed by atoms with Gasteiger partial charge in [0.2, 0.25) is 11.7 Å². The lowest BCUT2D eigenvalue weighted by atomic mass is 10.2. The van der Waals surface area contributed by atoms with Crippen LogP contribution in [0.1, 0.15) is 6.92 Å². The van der Waals surface area contributed by atoms with E-state index < -0.39 is 39.2 Å². The van der Waals surface area contributed by atoms with Crippen LogP contribution in [0.15, 0.2) is 12.1 Å². The van der Waals surface area contributed by atoms with Crippen LogP contribution in [0.2, 0.25) is 0 Å². The first kappa shape index (κ1) is 13.3. The summed E-state index contributed by atoms with van der Waals surface area (Å²) in [6, 6.07) is 0.925. The molecule has 1 unspecified atom stereocenters. The average Bonchev–Trinajstić information content (AvgIpc) is 2.21. The second kappa shape index (κ2) is 5.05. The summed E-state index contributed by atoms with van der Waals surface area (Å²) in [5.74, 6) is -3.17. The summed E-state index contributed by atoms with van der Waals surface area (Å²) < 4.78 is 26.2. The normalized spacial score (nSPS) is 12.0. The third-order valence-electron chi connectivity index (χ3n) is 1.85. The van der Waals surface area contributed by atoms with E-state index in [4.69, 9.17) is 11.6 Å². The van der Waals surface area contributed by atoms with Crippen molar-refractivity contribution < 1.29 is 18.5 Å². The molecule has 8 heteroatoms. The highest BCUT2D eigenvalue weighted by atomic mass is 35.5. The maximum Gasteiger partial charge on any atom is 0.307 e. The van der Waals surface area contributed by atoms with Crippen LogP contribution in [0.25, 0.3) is 0 Å². The minimum Gasteiger partial charge on any atom is -0.322 e. The quantitative estimate of drug-likeness (QED) is 0.518. The number of halogens is 3. The van der Waals surface area contributed by atoms with Gasteiger partial charge in [-0.25, -0.2) is 4.39 Å². The van der Waals surface area contributed by atoms with Gasteiger partial charge in [0.25, 0.3) is 0 Å². The van der Waals surface area contributed by atoms with Gasteiger partial charge in [0, 0.05) is 12.1 Å². The summed E-state index contributed by atoms with van der Waals surface area (Å²) in [5.41, 5.74) is -1.42. The van der Waals surface area contributed by atoms with Crippen molar-refractivity contribution >= 4 is 28.9 Å². The van der Waals surface area contributed by atoms with Crippen LogP contribution in [-0.4, -0.2) is 16.2 Å². The Morgan fingerprint density at radius 1 is 1.47 bits per heavy atom. The molecule has 0 aliphatic rings. The molecule has 1 rings (SSSR count). The minimum absolute atomic E-state index is 0.326. The van der Waals surface area contributed by atoms with Gasteiger partial charge in [-0.2, -0.15) is 4.39 Å². The van der Waals surface area contributed by atoms with Gasteiger partial charge in [-0.15, -0.1) is 11.6 Å². The van der Waals surface area contributed by atoms with Crippen molar-refractivity contribution in [3.8, 4) is 0 Å². The Morgan fingerprint density at radius 3 is 2.53 bits per heavy atom. The van der Waals surface area contributed by atoms with Crippen molar-refractivity contribution in [3.63, 3.8) is 0 Å². The van der Waals surface area contributed by atoms with E-state index in [9.17, 15) is 23.7 Å². The van der Waals surface area contributed by atoms with Crippen molar-refractivity contribution in [1.82, 2.24) is 0 Å². The van der Waals surface area contributed by atoms with Crippen LogP contribution in [0.3, 0.4) is 0 Å². The molecule has 1 amide bonds. The smallest absolute Gasteiger partial charge is 0.307 e. The van der Waals surface area contributed by atoms with Crippen molar-refractivity contribution in [2.75, 3.05) is 5.32 Å². The molecule has 17 heavy (non-hydrogen) atoms. The number of anilines is 1. The summed E-state index contributed by atoms with van der Waals surface area (Å²) in [6.45, 7) is 1.34. The zero-order valence-electron chi connectivity index (χ0n) is 8.54. The average molecular weight is 265 g/mol. The summed E-state index contributed by atoms with van der Waals surface area (Å²) in [4.78, 5) is 20.5. The lowest BCUT2D eigenvalue weighted by Crippen LogP contribution is -2.21. The lowest BCUT2D eigenvalue weighted by molar-refractivity contribution is -0.387. The molecular formula is C9H7ClF2N2O3. The first-order valence-electron chi connectivity index (χ1n) is 4.41. The van der Waals surface area contributed by atoms with Crippen LogP contribution >= 0.6 is 11.6 Å². The molecule has 92 valence electrons. The maximum atomic E-state index is 13.2. The Balaban J connectivity index is 3.12. The molecule has 0 saturated heterocycles. The Bertz CT molecular complexity index is 480. The summed E-state index contributed by atoms with van der Waals surface area (Å²) >= 11 is 5.42. The highest BCUT2D eigenvalue weighted by Crippen LogP contribution is 2.25. The van der Waals surface area contributed by atoms with Crippen molar-refractivity contribution in [2.24, 2.45) is 0 Å². The third-order valence-corrected chi connectivity index (χ3v) is 2.05. The Hall–Kier alpha value is -1.76. The molecule has 0 aromatic heterocycles. The number of nitro benzene ring substituents is 1. The molecule has 0 spiro atoms. The number of nitro groups is 1. The highest BCUT2D eigenvalue weighted by Gasteiger charge is 2.20. The number of rotatable bonds is 3. The zero-order chi connectivity index (χ0) is 13.2. The van der Waals surface area contributed by atoms with Gasteiger partial charge >= 0.3 is 5.69 Å². The van der Waals surface area contributed by atoms with E-state index in [1.54, 1.807) is 0 Å². The summed E-state index contributed by atoms with van der Waals surface area (Å²) in [5, 5.41) is 11.5. The molecule has 0 radical (unpaired) electrons. The van der Waals surface area contributed by atoms with Crippen molar-refractivity contribution in [3.05, 3.63) is 33.9 Å². The summed E-state index contributed by atoms with van der Waals surface area (Å²) in [7, 11) is 0. The van der Waals surface area contributed by atoms with Crippen LogP contribution in [-0.2, 0) is 4.79 Å². The van der Waals surface area contributed by atoms with E-state index in [0.717, 1.165) is 0 Å². The van der Waals surface area contributed by atoms with Gasteiger partial charge < -0.3 is 5.32 Å². The Morgan fingerprint density at radius 2 is 2.06 bits per heavy atom. The molecule has 1 atom stereocenters. The molecule has 0 saturated carbocycles. The van der Waals surface area contributed by atoms with Crippen LogP contribution < -0.4 is 5.32 Å². The standard InChI is InChI=1S/C9H7ClF2N2O3/c1-4(10)9(15)13-7-3-8(14(16)17)6(12)2-5(7)11/h2-4H,1H3,(H,13,15). The van der Waals surface area contributed by atoms with Crippen LogP contribution in [0.5, 0.6) is 0 Å². The number of hydrogen-bond donors (Lipinski definition) is 1. The SMILES string of the molecule is CC(Cl)C(=O)Nc1cc([N+](=O)[O-])c(F)cc1F. The van der Waals surface area contributed by atoms with Gasteiger partial charge in [0.1, 0.15) is 11.2 Å². The molecule has 0 aliphatic heterocycles. The largest absolute Gasteiger partial charge is 0.322 e. The van der Waals surface area contributed by atoms with Gasteiger partial charge in [-0.3, -0.25) is 14.9 Å². The van der Waals surface area contributed by atoms with E-state index in [1.807, 2.05) is 5.32 Å². The molecule has 5 nitrogen and oxygen atoms in total. The number of nitrogens with zero attached hydrogens (tertiary/aromatic N) is 1. The molecule has 0 aliphatic carbocycles. The van der Waals surface area contributed by atoms with Crippen molar-refractivity contribution in [1.29, 1.82) is 0 Å². The maximum absolute atomic E-state index is 13.2. The predicted octanol–water partition coefficient (Wildman–Crippen LogP) is 2.44. The fourth-order valence-corrected chi connectivity index (χ4v) is 1.06. The second-order valence-corrected chi connectivity index (χ2v) is 3.80. The Kier molecular flexibility index (Phi) is 3.95. The number of nitrogens with one attached hydrogen (secondary N) is 1. The number of carbonyl (C=O) groups excluding carboxylic acids is 1. The molecule has 1 N–H and O–H groups in total. The van der Waals surface area contributed by atoms with Gasteiger partial charge in [0.15, 0.2) is 0 Å². The van der Waals surface area contributed by atoms with E-state index >= 15 is 0 Å². The number of carbonyl (C=O) groups is 1. The van der Waals surface area contributed by atoms with Gasteiger partial charge in [-0.05, 0) is 6.92 Å². The molecular weight excluding hydrogens is 258 g/mol. The van der Waals surface area contributed by atoms with E-state index in [2.05, 4.69) is 0 Å². The fourth-order valence-electron chi connectivity index (χ4n) is 1.01. The fraction of sp³-hybridized carbons (Fsp3) is 0.222. The second-order valence-electron chi connectivity index (χ2n) is 3.15.